The molecule has 0 spiro atoms. The highest BCUT2D eigenvalue weighted by Gasteiger charge is 2.30. The van der Waals surface area contributed by atoms with Crippen molar-refractivity contribution >= 4 is 27.4 Å². The van der Waals surface area contributed by atoms with Crippen molar-refractivity contribution in [3.8, 4) is 0 Å². The third-order valence-corrected chi connectivity index (χ3v) is 6.91. The fraction of sp³-hybridized carbons (Fsp3) is 0.500. The Hall–Kier alpha value is -2.62. The van der Waals surface area contributed by atoms with Gasteiger partial charge in [-0.1, -0.05) is 0 Å². The normalized spacial score (nSPS) is 22.1. The summed E-state index contributed by atoms with van der Waals surface area (Å²) in [4.78, 5) is 11.8. The first-order chi connectivity index (χ1) is 14.2. The Labute approximate surface area is 174 Å². The van der Waals surface area contributed by atoms with Gasteiger partial charge in [-0.15, -0.1) is 0 Å². The summed E-state index contributed by atoms with van der Waals surface area (Å²) >= 11 is 0. The topological polar surface area (TPSA) is 113 Å². The number of rotatable bonds is 5. The lowest BCUT2D eigenvalue weighted by molar-refractivity contribution is 0.0981. The number of aromatic nitrogens is 2. The molecular formula is C20H25FN4O4S. The van der Waals surface area contributed by atoms with Gasteiger partial charge in [-0.25, -0.2) is 17.6 Å². The second kappa shape index (κ2) is 7.90. The number of amides is 1. The SMILES string of the molecule is CC(C)NC(=O)O[C@H]1CC[C@@H](c2cc(Nc3cc4c(cc3F)CS(=O)(=O)C4)n[nH]2)C1. The summed E-state index contributed by atoms with van der Waals surface area (Å²) in [5, 5.41) is 12.8. The van der Waals surface area contributed by atoms with Gasteiger partial charge in [0.1, 0.15) is 11.9 Å². The van der Waals surface area contributed by atoms with Crippen LogP contribution in [0.4, 0.5) is 20.7 Å². The zero-order valence-electron chi connectivity index (χ0n) is 16.9. The van der Waals surface area contributed by atoms with Crippen LogP contribution in [-0.2, 0) is 26.1 Å². The number of carbonyl (C=O) groups is 1. The van der Waals surface area contributed by atoms with Crippen LogP contribution in [0.1, 0.15) is 55.8 Å². The van der Waals surface area contributed by atoms with Crippen LogP contribution < -0.4 is 10.6 Å². The molecule has 1 aliphatic heterocycles. The number of halogens is 1. The molecule has 0 radical (unpaired) electrons. The van der Waals surface area contributed by atoms with Crippen LogP contribution in [-0.4, -0.2) is 36.9 Å². The molecule has 162 valence electrons. The lowest BCUT2D eigenvalue weighted by atomic mass is 10.0. The maximum absolute atomic E-state index is 14.4. The fourth-order valence-electron chi connectivity index (χ4n) is 4.05. The third-order valence-electron chi connectivity index (χ3n) is 5.41. The van der Waals surface area contributed by atoms with E-state index >= 15 is 0 Å². The van der Waals surface area contributed by atoms with Gasteiger partial charge in [0.2, 0.25) is 0 Å². The number of H-pyrrole nitrogens is 1. The van der Waals surface area contributed by atoms with Crippen molar-refractivity contribution in [1.29, 1.82) is 0 Å². The molecule has 10 heteroatoms. The van der Waals surface area contributed by atoms with E-state index in [1.807, 2.05) is 19.9 Å². The van der Waals surface area contributed by atoms with E-state index < -0.39 is 21.7 Å². The van der Waals surface area contributed by atoms with Crippen LogP contribution in [0.5, 0.6) is 0 Å². The number of aromatic amines is 1. The minimum absolute atomic E-state index is 0.0238. The molecule has 3 N–H and O–H groups in total. The molecule has 30 heavy (non-hydrogen) atoms. The zero-order chi connectivity index (χ0) is 21.5. The smallest absolute Gasteiger partial charge is 0.407 e. The molecule has 1 aliphatic carbocycles. The monoisotopic (exact) mass is 436 g/mol. The summed E-state index contributed by atoms with van der Waals surface area (Å²) in [6.45, 7) is 3.75. The van der Waals surface area contributed by atoms with E-state index in [0.29, 0.717) is 23.4 Å². The van der Waals surface area contributed by atoms with Crippen molar-refractivity contribution in [3.05, 3.63) is 40.8 Å². The average molecular weight is 437 g/mol. The quantitative estimate of drug-likeness (QED) is 0.661. The van der Waals surface area contributed by atoms with Crippen LogP contribution in [0.15, 0.2) is 18.2 Å². The number of nitrogens with zero attached hydrogens (tertiary/aromatic N) is 1. The van der Waals surface area contributed by atoms with Crippen molar-refractivity contribution in [2.24, 2.45) is 0 Å². The molecule has 8 nitrogen and oxygen atoms in total. The molecule has 0 bridgehead atoms. The number of sulfone groups is 1. The van der Waals surface area contributed by atoms with Gasteiger partial charge in [0.25, 0.3) is 0 Å². The summed E-state index contributed by atoms with van der Waals surface area (Å²) in [7, 11) is -3.20. The predicted octanol–water partition coefficient (Wildman–Crippen LogP) is 3.49. The standard InChI is InChI=1S/C20H25FN4O4S/c1-11(2)22-20(26)29-15-4-3-12(5-15)17-8-19(25-24-17)23-18-7-14-10-30(27,28)9-13(14)6-16(18)21/h6-8,11-12,15H,3-5,9-10H2,1-2H3,(H,22,26)(H2,23,24,25)/t12-,15+/m1/s1. The van der Waals surface area contributed by atoms with Gasteiger partial charge in [-0.05, 0) is 56.4 Å². The third kappa shape index (κ3) is 4.58. The van der Waals surface area contributed by atoms with Gasteiger partial charge < -0.3 is 15.4 Å². The summed E-state index contributed by atoms with van der Waals surface area (Å²) < 4.78 is 43.4. The zero-order valence-corrected chi connectivity index (χ0v) is 17.7. The van der Waals surface area contributed by atoms with Crippen molar-refractivity contribution in [1.82, 2.24) is 15.5 Å². The van der Waals surface area contributed by atoms with Gasteiger partial charge >= 0.3 is 6.09 Å². The van der Waals surface area contributed by atoms with Gasteiger partial charge in [-0.2, -0.15) is 5.10 Å². The molecule has 2 aromatic rings. The fourth-order valence-corrected chi connectivity index (χ4v) is 5.63. The molecule has 2 aliphatic rings. The predicted molar refractivity (Wildman–Crippen MR) is 110 cm³/mol. The van der Waals surface area contributed by atoms with Crippen LogP contribution in [0, 0.1) is 5.82 Å². The molecule has 2 atom stereocenters. The molecule has 4 rings (SSSR count). The summed E-state index contributed by atoms with van der Waals surface area (Å²) in [5.74, 6) is -0.0872. The highest BCUT2D eigenvalue weighted by Crippen LogP contribution is 2.36. The number of ether oxygens (including phenoxy) is 1. The lowest BCUT2D eigenvalue weighted by Gasteiger charge is -2.14. The first-order valence-electron chi connectivity index (χ1n) is 10.00. The Kier molecular flexibility index (Phi) is 5.44. The van der Waals surface area contributed by atoms with Gasteiger partial charge in [0.15, 0.2) is 15.7 Å². The average Bonchev–Trinajstić information content (AvgIpc) is 3.32. The van der Waals surface area contributed by atoms with E-state index in [1.165, 1.54) is 12.1 Å². The molecule has 0 saturated heterocycles. The summed E-state index contributed by atoms with van der Waals surface area (Å²) in [5.41, 5.74) is 2.21. The lowest BCUT2D eigenvalue weighted by Crippen LogP contribution is -2.33. The van der Waals surface area contributed by atoms with Crippen LogP contribution >= 0.6 is 0 Å². The van der Waals surface area contributed by atoms with E-state index in [4.69, 9.17) is 4.74 Å². The van der Waals surface area contributed by atoms with Gasteiger partial charge in [0.05, 0.1) is 17.2 Å². The molecule has 1 amide bonds. The van der Waals surface area contributed by atoms with Gasteiger partial charge in [0, 0.05) is 23.7 Å². The summed E-state index contributed by atoms with van der Waals surface area (Å²) in [6, 6.07) is 4.65. The number of hydrogen-bond acceptors (Lipinski definition) is 6. The first kappa shape index (κ1) is 20.6. The van der Waals surface area contributed by atoms with E-state index in [1.54, 1.807) is 0 Å². The maximum atomic E-state index is 14.4. The van der Waals surface area contributed by atoms with Crippen LogP contribution in [0.2, 0.25) is 0 Å². The van der Waals surface area contributed by atoms with Gasteiger partial charge in [-0.3, -0.25) is 5.10 Å². The van der Waals surface area contributed by atoms with Crippen LogP contribution in [0.3, 0.4) is 0 Å². The van der Waals surface area contributed by atoms with E-state index in [2.05, 4.69) is 20.8 Å². The Morgan fingerprint density at radius 2 is 1.97 bits per heavy atom. The summed E-state index contributed by atoms with van der Waals surface area (Å²) in [6.07, 6.45) is 1.76. The number of anilines is 2. The Bertz CT molecular complexity index is 1070. The molecule has 1 saturated carbocycles. The number of fused-ring (bicyclic) bond motifs is 1. The van der Waals surface area contributed by atoms with E-state index in [-0.39, 0.29) is 35.3 Å². The largest absolute Gasteiger partial charge is 0.446 e. The van der Waals surface area contributed by atoms with Crippen molar-refractivity contribution in [3.63, 3.8) is 0 Å². The Morgan fingerprint density at radius 1 is 1.23 bits per heavy atom. The number of nitrogens with one attached hydrogen (secondary N) is 3. The molecule has 1 aromatic carbocycles. The molecule has 1 aromatic heterocycles. The number of benzene rings is 1. The number of carbonyl (C=O) groups excluding carboxylic acids is 1. The Balaban J connectivity index is 1.39. The van der Waals surface area contributed by atoms with Crippen LogP contribution in [0.25, 0.3) is 0 Å². The molecule has 1 fully saturated rings. The minimum Gasteiger partial charge on any atom is -0.446 e. The first-order valence-corrected chi connectivity index (χ1v) is 11.8. The van der Waals surface area contributed by atoms with E-state index in [9.17, 15) is 17.6 Å². The second-order valence-electron chi connectivity index (χ2n) is 8.30. The van der Waals surface area contributed by atoms with Crippen molar-refractivity contribution in [2.75, 3.05) is 5.32 Å². The van der Waals surface area contributed by atoms with E-state index in [0.717, 1.165) is 18.5 Å². The van der Waals surface area contributed by atoms with Crippen molar-refractivity contribution < 1.29 is 22.3 Å². The second-order valence-corrected chi connectivity index (χ2v) is 10.4. The maximum Gasteiger partial charge on any atom is 0.407 e. The highest BCUT2D eigenvalue weighted by atomic mass is 32.2. The molecule has 2 heterocycles. The Morgan fingerprint density at radius 3 is 2.70 bits per heavy atom. The number of hydrogen-bond donors (Lipinski definition) is 3. The highest BCUT2D eigenvalue weighted by molar-refractivity contribution is 7.90. The molecular weight excluding hydrogens is 411 g/mol. The van der Waals surface area contributed by atoms with Crippen molar-refractivity contribution in [2.45, 2.75) is 62.7 Å². The molecule has 0 unspecified atom stereocenters. The number of alkyl carbamates (subject to hydrolysis) is 1. The minimum atomic E-state index is -3.20.